The summed E-state index contributed by atoms with van der Waals surface area (Å²) in [5, 5.41) is 0. The number of hydrogen-bond donors (Lipinski definition) is 1. The second kappa shape index (κ2) is 8.86. The van der Waals surface area contributed by atoms with Gasteiger partial charge < -0.3 is 15.4 Å². The third kappa shape index (κ3) is 6.69. The largest absolute Gasteiger partial charge is 0.385 e. The Labute approximate surface area is 113 Å². The van der Waals surface area contributed by atoms with Gasteiger partial charge in [0.1, 0.15) is 0 Å². The van der Waals surface area contributed by atoms with Crippen LogP contribution in [-0.4, -0.2) is 69.3 Å². The number of likely N-dealkylation sites (N-methyl/N-ethyl adjacent to an activating group) is 1. The molecule has 0 radical (unpaired) electrons. The van der Waals surface area contributed by atoms with E-state index in [-0.39, 0.29) is 5.54 Å². The van der Waals surface area contributed by atoms with Crippen molar-refractivity contribution in [3.05, 3.63) is 0 Å². The average molecular weight is 259 g/mol. The van der Waals surface area contributed by atoms with Crippen LogP contribution in [0.15, 0.2) is 0 Å². The lowest BCUT2D eigenvalue weighted by molar-refractivity contribution is 0.0541. The maximum Gasteiger partial charge on any atom is 0.0480 e. The lowest BCUT2D eigenvalue weighted by Crippen LogP contribution is -2.55. The highest BCUT2D eigenvalue weighted by atomic mass is 16.5. The predicted molar refractivity (Wildman–Crippen MR) is 78.9 cm³/mol. The van der Waals surface area contributed by atoms with E-state index in [1.165, 1.54) is 0 Å². The second-order valence-electron chi connectivity index (χ2n) is 6.09. The van der Waals surface area contributed by atoms with Crippen molar-refractivity contribution in [2.75, 3.05) is 54.0 Å². The van der Waals surface area contributed by atoms with Crippen molar-refractivity contribution in [3.8, 4) is 0 Å². The van der Waals surface area contributed by atoms with Gasteiger partial charge >= 0.3 is 0 Å². The number of ether oxygens (including phenoxy) is 1. The van der Waals surface area contributed by atoms with Crippen molar-refractivity contribution in [2.24, 2.45) is 11.7 Å². The van der Waals surface area contributed by atoms with Crippen LogP contribution in [0, 0.1) is 5.92 Å². The Kier molecular flexibility index (Phi) is 8.78. The van der Waals surface area contributed by atoms with Crippen LogP contribution in [0.5, 0.6) is 0 Å². The fourth-order valence-electron chi connectivity index (χ4n) is 2.05. The van der Waals surface area contributed by atoms with Gasteiger partial charge in [0.05, 0.1) is 0 Å². The highest BCUT2D eigenvalue weighted by Gasteiger charge is 2.30. The molecule has 0 aromatic carbocycles. The normalized spacial score (nSPS) is 15.7. The van der Waals surface area contributed by atoms with Crippen LogP contribution >= 0.6 is 0 Å². The van der Waals surface area contributed by atoms with Gasteiger partial charge in [-0.05, 0) is 33.4 Å². The van der Waals surface area contributed by atoms with Gasteiger partial charge in [-0.2, -0.15) is 0 Å². The quantitative estimate of drug-likeness (QED) is 0.641. The Bertz CT molecular complexity index is 209. The smallest absolute Gasteiger partial charge is 0.0480 e. The molecule has 0 amide bonds. The van der Waals surface area contributed by atoms with Gasteiger partial charge in [0.25, 0.3) is 0 Å². The summed E-state index contributed by atoms with van der Waals surface area (Å²) >= 11 is 0. The van der Waals surface area contributed by atoms with Crippen LogP contribution < -0.4 is 5.73 Å². The Balaban J connectivity index is 4.64. The fourth-order valence-corrected chi connectivity index (χ4v) is 2.05. The minimum atomic E-state index is 0.0380. The zero-order chi connectivity index (χ0) is 14.2. The van der Waals surface area contributed by atoms with Crippen LogP contribution in [0.3, 0.4) is 0 Å². The molecule has 4 heteroatoms. The molecule has 0 bridgehead atoms. The summed E-state index contributed by atoms with van der Waals surface area (Å²) in [6.45, 7) is 11.4. The molecule has 0 aromatic heterocycles. The van der Waals surface area contributed by atoms with Gasteiger partial charge in [-0.15, -0.1) is 0 Å². The summed E-state index contributed by atoms with van der Waals surface area (Å²) in [7, 11) is 5.98. The molecule has 0 rings (SSSR count). The summed E-state index contributed by atoms with van der Waals surface area (Å²) in [6, 6.07) is 0. The molecule has 1 atom stereocenters. The summed E-state index contributed by atoms with van der Waals surface area (Å²) < 4.78 is 5.23. The molecular weight excluding hydrogens is 226 g/mol. The molecular formula is C14H33N3O. The molecule has 0 spiro atoms. The van der Waals surface area contributed by atoms with Crippen molar-refractivity contribution in [2.45, 2.75) is 32.7 Å². The Morgan fingerprint density at radius 2 is 1.83 bits per heavy atom. The van der Waals surface area contributed by atoms with Gasteiger partial charge in [0, 0.05) is 45.4 Å². The van der Waals surface area contributed by atoms with Crippen molar-refractivity contribution in [1.82, 2.24) is 9.80 Å². The zero-order valence-corrected chi connectivity index (χ0v) is 13.2. The standard InChI is InChI=1S/C14H33N3O/c1-13(2)11-17(9-8-16(4)5)14(3,12-15)7-10-18-6/h13H,7-12,15H2,1-6H3. The van der Waals surface area contributed by atoms with E-state index in [0.29, 0.717) is 12.5 Å². The molecule has 0 saturated carbocycles. The highest BCUT2D eigenvalue weighted by Crippen LogP contribution is 2.20. The van der Waals surface area contributed by atoms with Crippen molar-refractivity contribution < 1.29 is 4.74 Å². The molecule has 0 aliphatic heterocycles. The van der Waals surface area contributed by atoms with Crippen LogP contribution in [0.25, 0.3) is 0 Å². The minimum Gasteiger partial charge on any atom is -0.385 e. The maximum absolute atomic E-state index is 6.02. The Morgan fingerprint density at radius 1 is 1.22 bits per heavy atom. The second-order valence-corrected chi connectivity index (χ2v) is 6.09. The van der Waals surface area contributed by atoms with Crippen LogP contribution in [0.2, 0.25) is 0 Å². The predicted octanol–water partition coefficient (Wildman–Crippen LogP) is 1.26. The molecule has 1 unspecified atom stereocenters. The first-order valence-corrected chi connectivity index (χ1v) is 6.94. The molecule has 0 fully saturated rings. The number of methoxy groups -OCH3 is 1. The monoisotopic (exact) mass is 259 g/mol. The summed E-state index contributed by atoms with van der Waals surface area (Å²) in [4.78, 5) is 4.75. The third-order valence-electron chi connectivity index (χ3n) is 3.45. The number of rotatable bonds is 10. The van der Waals surface area contributed by atoms with E-state index in [2.05, 4.69) is 44.7 Å². The zero-order valence-electron chi connectivity index (χ0n) is 13.2. The van der Waals surface area contributed by atoms with Crippen LogP contribution in [0.1, 0.15) is 27.2 Å². The fraction of sp³-hybridized carbons (Fsp3) is 1.00. The molecule has 18 heavy (non-hydrogen) atoms. The molecule has 0 heterocycles. The van der Waals surface area contributed by atoms with Crippen LogP contribution in [-0.2, 0) is 4.74 Å². The number of nitrogens with zero attached hydrogens (tertiary/aromatic N) is 2. The van der Waals surface area contributed by atoms with Gasteiger partial charge in [-0.1, -0.05) is 13.8 Å². The van der Waals surface area contributed by atoms with Gasteiger partial charge in [-0.3, -0.25) is 4.90 Å². The maximum atomic E-state index is 6.02. The Hall–Kier alpha value is -0.160. The van der Waals surface area contributed by atoms with E-state index < -0.39 is 0 Å². The van der Waals surface area contributed by atoms with Crippen LogP contribution in [0.4, 0.5) is 0 Å². The Morgan fingerprint density at radius 3 is 2.22 bits per heavy atom. The molecule has 4 nitrogen and oxygen atoms in total. The molecule has 0 saturated heterocycles. The van der Waals surface area contributed by atoms with E-state index in [1.807, 2.05) is 0 Å². The molecule has 0 aliphatic carbocycles. The first-order valence-electron chi connectivity index (χ1n) is 6.94. The van der Waals surface area contributed by atoms with Gasteiger partial charge in [-0.25, -0.2) is 0 Å². The third-order valence-corrected chi connectivity index (χ3v) is 3.45. The average Bonchev–Trinajstić information content (AvgIpc) is 2.30. The van der Waals surface area contributed by atoms with E-state index in [4.69, 9.17) is 10.5 Å². The molecule has 2 N–H and O–H groups in total. The van der Waals surface area contributed by atoms with Crippen molar-refractivity contribution >= 4 is 0 Å². The highest BCUT2D eigenvalue weighted by molar-refractivity contribution is 4.88. The van der Waals surface area contributed by atoms with E-state index in [9.17, 15) is 0 Å². The number of hydrogen-bond acceptors (Lipinski definition) is 4. The first-order chi connectivity index (χ1) is 8.35. The summed E-state index contributed by atoms with van der Waals surface area (Å²) in [5.74, 6) is 0.653. The SMILES string of the molecule is COCCC(C)(CN)N(CCN(C)C)CC(C)C. The molecule has 0 aliphatic rings. The van der Waals surface area contributed by atoms with E-state index in [1.54, 1.807) is 7.11 Å². The van der Waals surface area contributed by atoms with Gasteiger partial charge in [0.2, 0.25) is 0 Å². The lowest BCUT2D eigenvalue weighted by atomic mass is 9.94. The molecule has 0 aromatic rings. The van der Waals surface area contributed by atoms with Crippen molar-refractivity contribution in [3.63, 3.8) is 0 Å². The van der Waals surface area contributed by atoms with Gasteiger partial charge in [0.15, 0.2) is 0 Å². The summed E-state index contributed by atoms with van der Waals surface area (Å²) in [5.41, 5.74) is 6.06. The minimum absolute atomic E-state index is 0.0380. The molecule has 110 valence electrons. The lowest BCUT2D eigenvalue weighted by Gasteiger charge is -2.42. The number of nitrogens with two attached hydrogens (primary N) is 1. The summed E-state index contributed by atoms with van der Waals surface area (Å²) in [6.07, 6.45) is 0.986. The van der Waals surface area contributed by atoms with Crippen molar-refractivity contribution in [1.29, 1.82) is 0 Å². The van der Waals surface area contributed by atoms with E-state index in [0.717, 1.165) is 32.7 Å². The van der Waals surface area contributed by atoms with E-state index >= 15 is 0 Å². The first kappa shape index (κ1) is 17.8. The topological polar surface area (TPSA) is 41.7 Å².